The zero-order valence-corrected chi connectivity index (χ0v) is 21.5. The van der Waals surface area contributed by atoms with Crippen molar-refractivity contribution in [1.82, 2.24) is 10.2 Å². The Balaban J connectivity index is 1.79. The van der Waals surface area contributed by atoms with Crippen molar-refractivity contribution >= 4 is 23.6 Å². The first kappa shape index (κ1) is 26.4. The summed E-state index contributed by atoms with van der Waals surface area (Å²) in [6.07, 6.45) is 0.459. The fourth-order valence-corrected chi connectivity index (χ4v) is 4.65. The molecule has 1 N–H and O–H groups in total. The van der Waals surface area contributed by atoms with Gasteiger partial charge in [0.15, 0.2) is 0 Å². The van der Waals surface area contributed by atoms with Crippen molar-refractivity contribution in [2.45, 2.75) is 44.6 Å². The number of amides is 2. The second kappa shape index (κ2) is 13.6. The van der Waals surface area contributed by atoms with Gasteiger partial charge >= 0.3 is 0 Å². The van der Waals surface area contributed by atoms with Crippen molar-refractivity contribution in [1.29, 1.82) is 0 Å². The Morgan fingerprint density at radius 2 is 1.46 bits per heavy atom. The van der Waals surface area contributed by atoms with Gasteiger partial charge in [-0.05, 0) is 42.7 Å². The average Bonchev–Trinajstić information content (AvgIpc) is 2.87. The molecule has 1 atom stereocenters. The second-order valence-corrected chi connectivity index (χ2v) is 9.70. The van der Waals surface area contributed by atoms with E-state index in [2.05, 4.69) is 5.32 Å². The minimum absolute atomic E-state index is 0.0149. The van der Waals surface area contributed by atoms with E-state index in [0.29, 0.717) is 24.5 Å². The molecule has 0 spiro atoms. The summed E-state index contributed by atoms with van der Waals surface area (Å²) >= 11 is 1.55. The normalized spacial score (nSPS) is 11.7. The number of nitrogens with zero attached hydrogens (tertiary/aromatic N) is 1. The van der Waals surface area contributed by atoms with E-state index in [1.807, 2.05) is 98.8 Å². The van der Waals surface area contributed by atoms with Crippen LogP contribution in [0.2, 0.25) is 0 Å². The van der Waals surface area contributed by atoms with Crippen molar-refractivity contribution in [3.8, 4) is 5.75 Å². The minimum Gasteiger partial charge on any atom is -0.497 e. The van der Waals surface area contributed by atoms with Crippen LogP contribution in [-0.2, 0) is 28.3 Å². The molecule has 6 heteroatoms. The van der Waals surface area contributed by atoms with Crippen LogP contribution in [0.5, 0.6) is 5.75 Å². The molecule has 0 bridgehead atoms. The number of rotatable bonds is 12. The lowest BCUT2D eigenvalue weighted by Gasteiger charge is -2.32. The standard InChI is InChI=1S/C29H34N2O3S/c1-22(2)30-29(33)27(18-23-10-6-4-7-11-23)31(19-24-12-8-5-9-13-24)28(32)21-35-20-25-14-16-26(34-3)17-15-25/h4-17,22,27H,18-21H2,1-3H3,(H,30,33). The van der Waals surface area contributed by atoms with E-state index in [-0.39, 0.29) is 17.9 Å². The number of methoxy groups -OCH3 is 1. The maximum atomic E-state index is 13.6. The summed E-state index contributed by atoms with van der Waals surface area (Å²) in [6.45, 7) is 4.25. The van der Waals surface area contributed by atoms with Gasteiger partial charge in [-0.15, -0.1) is 11.8 Å². The first-order valence-corrected chi connectivity index (χ1v) is 13.0. The van der Waals surface area contributed by atoms with Gasteiger partial charge in [0.1, 0.15) is 11.8 Å². The largest absolute Gasteiger partial charge is 0.497 e. The molecule has 0 radical (unpaired) electrons. The van der Waals surface area contributed by atoms with Crippen LogP contribution in [-0.4, -0.2) is 41.7 Å². The fraction of sp³-hybridized carbons (Fsp3) is 0.310. The molecule has 5 nitrogen and oxygen atoms in total. The van der Waals surface area contributed by atoms with Crippen LogP contribution in [0.4, 0.5) is 0 Å². The lowest BCUT2D eigenvalue weighted by Crippen LogP contribution is -2.52. The highest BCUT2D eigenvalue weighted by atomic mass is 32.2. The summed E-state index contributed by atoms with van der Waals surface area (Å²) in [5, 5.41) is 3.03. The van der Waals surface area contributed by atoms with E-state index in [1.165, 1.54) is 0 Å². The van der Waals surface area contributed by atoms with E-state index < -0.39 is 6.04 Å². The van der Waals surface area contributed by atoms with E-state index in [1.54, 1.807) is 23.8 Å². The van der Waals surface area contributed by atoms with Gasteiger partial charge in [-0.2, -0.15) is 0 Å². The van der Waals surface area contributed by atoms with Crippen molar-refractivity contribution in [3.05, 3.63) is 102 Å². The quantitative estimate of drug-likeness (QED) is 0.384. The van der Waals surface area contributed by atoms with Crippen LogP contribution >= 0.6 is 11.8 Å². The summed E-state index contributed by atoms with van der Waals surface area (Å²) in [7, 11) is 1.64. The predicted octanol–water partition coefficient (Wildman–Crippen LogP) is 5.09. The molecule has 3 rings (SSSR count). The predicted molar refractivity (Wildman–Crippen MR) is 143 cm³/mol. The minimum atomic E-state index is -0.603. The number of carbonyl (C=O) groups is 2. The fourth-order valence-electron chi connectivity index (χ4n) is 3.78. The Hall–Kier alpha value is -3.25. The van der Waals surface area contributed by atoms with Gasteiger partial charge < -0.3 is 15.0 Å². The van der Waals surface area contributed by atoms with Crippen LogP contribution in [0.15, 0.2) is 84.9 Å². The molecule has 35 heavy (non-hydrogen) atoms. The van der Waals surface area contributed by atoms with Crippen molar-refractivity contribution in [3.63, 3.8) is 0 Å². The molecule has 1 unspecified atom stereocenters. The maximum Gasteiger partial charge on any atom is 0.243 e. The molecule has 2 amide bonds. The Kier molecular flexibility index (Phi) is 10.2. The molecule has 0 aliphatic rings. The zero-order valence-electron chi connectivity index (χ0n) is 20.6. The Bertz CT molecular complexity index is 1060. The average molecular weight is 491 g/mol. The number of carbonyl (C=O) groups excluding carboxylic acids is 2. The second-order valence-electron chi connectivity index (χ2n) is 8.72. The summed E-state index contributed by atoms with van der Waals surface area (Å²) in [4.78, 5) is 28.6. The number of thioether (sulfide) groups is 1. The van der Waals surface area contributed by atoms with Gasteiger partial charge in [0.25, 0.3) is 0 Å². The van der Waals surface area contributed by atoms with Crippen LogP contribution < -0.4 is 10.1 Å². The van der Waals surface area contributed by atoms with Crippen molar-refractivity contribution < 1.29 is 14.3 Å². The number of hydrogen-bond acceptors (Lipinski definition) is 4. The number of hydrogen-bond donors (Lipinski definition) is 1. The third-order valence-corrected chi connectivity index (χ3v) is 6.54. The zero-order chi connectivity index (χ0) is 25.0. The molecule has 0 fully saturated rings. The third kappa shape index (κ3) is 8.48. The van der Waals surface area contributed by atoms with Gasteiger partial charge in [0, 0.05) is 24.8 Å². The Morgan fingerprint density at radius 1 is 0.857 bits per heavy atom. The molecule has 3 aromatic rings. The number of nitrogens with one attached hydrogen (secondary N) is 1. The molecule has 184 valence electrons. The van der Waals surface area contributed by atoms with Gasteiger partial charge in [0.2, 0.25) is 11.8 Å². The van der Waals surface area contributed by atoms with Crippen LogP contribution in [0.3, 0.4) is 0 Å². The Labute approximate surface area is 212 Å². The third-order valence-electron chi connectivity index (χ3n) is 5.55. The smallest absolute Gasteiger partial charge is 0.243 e. The highest BCUT2D eigenvalue weighted by Gasteiger charge is 2.30. The molecule has 3 aromatic carbocycles. The topological polar surface area (TPSA) is 58.6 Å². The molecule has 0 aliphatic carbocycles. The molecule has 0 saturated carbocycles. The molecular weight excluding hydrogens is 456 g/mol. The van der Waals surface area contributed by atoms with Gasteiger partial charge in [-0.1, -0.05) is 72.8 Å². The number of ether oxygens (including phenoxy) is 1. The van der Waals surface area contributed by atoms with Gasteiger partial charge in [-0.3, -0.25) is 9.59 Å². The molecule has 0 aromatic heterocycles. The lowest BCUT2D eigenvalue weighted by atomic mass is 10.0. The number of benzene rings is 3. The SMILES string of the molecule is COc1ccc(CSCC(=O)N(Cc2ccccc2)C(Cc2ccccc2)C(=O)NC(C)C)cc1. The monoisotopic (exact) mass is 490 g/mol. The van der Waals surface area contributed by atoms with E-state index in [9.17, 15) is 9.59 Å². The highest BCUT2D eigenvalue weighted by molar-refractivity contribution is 7.99. The first-order valence-electron chi connectivity index (χ1n) is 11.8. The van der Waals surface area contributed by atoms with Crippen LogP contribution in [0.25, 0.3) is 0 Å². The van der Waals surface area contributed by atoms with Crippen LogP contribution in [0, 0.1) is 0 Å². The summed E-state index contributed by atoms with van der Waals surface area (Å²) < 4.78 is 5.22. The molecular formula is C29H34N2O3S. The van der Waals surface area contributed by atoms with E-state index in [4.69, 9.17) is 4.74 Å². The van der Waals surface area contributed by atoms with Crippen molar-refractivity contribution in [2.75, 3.05) is 12.9 Å². The lowest BCUT2D eigenvalue weighted by molar-refractivity contribution is -0.139. The van der Waals surface area contributed by atoms with Crippen molar-refractivity contribution in [2.24, 2.45) is 0 Å². The summed E-state index contributed by atoms with van der Waals surface area (Å²) in [5.74, 6) is 1.62. The Morgan fingerprint density at radius 3 is 2.03 bits per heavy atom. The maximum absolute atomic E-state index is 13.6. The molecule has 0 aliphatic heterocycles. The van der Waals surface area contributed by atoms with Gasteiger partial charge in [0.05, 0.1) is 12.9 Å². The molecule has 0 saturated heterocycles. The molecule has 0 heterocycles. The van der Waals surface area contributed by atoms with E-state index >= 15 is 0 Å². The summed E-state index contributed by atoms with van der Waals surface area (Å²) in [6, 6.07) is 27.0. The first-order chi connectivity index (χ1) is 17.0. The highest BCUT2D eigenvalue weighted by Crippen LogP contribution is 2.20. The van der Waals surface area contributed by atoms with Crippen LogP contribution in [0.1, 0.15) is 30.5 Å². The van der Waals surface area contributed by atoms with E-state index in [0.717, 1.165) is 22.4 Å². The summed E-state index contributed by atoms with van der Waals surface area (Å²) in [5.41, 5.74) is 3.14. The van der Waals surface area contributed by atoms with Gasteiger partial charge in [-0.25, -0.2) is 0 Å².